The molecule has 0 radical (unpaired) electrons. The third-order valence-electron chi connectivity index (χ3n) is 6.83. The second-order valence-corrected chi connectivity index (χ2v) is 10.1. The number of furan rings is 1. The van der Waals surface area contributed by atoms with Crippen molar-refractivity contribution < 1.29 is 9.21 Å². The van der Waals surface area contributed by atoms with E-state index in [0.29, 0.717) is 13.1 Å². The zero-order chi connectivity index (χ0) is 22.4. The summed E-state index contributed by atoms with van der Waals surface area (Å²) < 4.78 is 7.77. The lowest BCUT2D eigenvalue weighted by Crippen LogP contribution is -2.41. The van der Waals surface area contributed by atoms with Gasteiger partial charge in [0.1, 0.15) is 10.8 Å². The quantitative estimate of drug-likeness (QED) is 0.402. The SMILES string of the molecule is Cc1ccc([C@@H]2c3cccn3-c3sc4c(c3CN2C(=O)NCc2ccco2)CCCC4)cc1. The van der Waals surface area contributed by atoms with Gasteiger partial charge in [0.2, 0.25) is 0 Å². The van der Waals surface area contributed by atoms with E-state index >= 15 is 0 Å². The van der Waals surface area contributed by atoms with Crippen LogP contribution >= 0.6 is 11.3 Å². The number of amides is 2. The van der Waals surface area contributed by atoms with E-state index in [2.05, 4.69) is 59.4 Å². The molecule has 0 saturated carbocycles. The molecule has 5 nitrogen and oxygen atoms in total. The summed E-state index contributed by atoms with van der Waals surface area (Å²) in [6.45, 7) is 3.07. The van der Waals surface area contributed by atoms with E-state index in [1.54, 1.807) is 6.26 Å². The highest BCUT2D eigenvalue weighted by molar-refractivity contribution is 7.15. The maximum atomic E-state index is 13.7. The molecule has 0 fully saturated rings. The molecule has 2 aliphatic rings. The molecule has 0 bridgehead atoms. The molecule has 0 saturated heterocycles. The number of carbonyl (C=O) groups is 1. The molecule has 33 heavy (non-hydrogen) atoms. The van der Waals surface area contributed by atoms with Gasteiger partial charge < -0.3 is 19.2 Å². The molecule has 0 spiro atoms. The van der Waals surface area contributed by atoms with Gasteiger partial charge in [-0.1, -0.05) is 29.8 Å². The molecule has 1 aromatic carbocycles. The number of urea groups is 1. The van der Waals surface area contributed by atoms with Gasteiger partial charge in [0.05, 0.1) is 31.1 Å². The van der Waals surface area contributed by atoms with Crippen molar-refractivity contribution in [2.75, 3.05) is 0 Å². The Labute approximate surface area is 197 Å². The highest BCUT2D eigenvalue weighted by Gasteiger charge is 2.36. The molecule has 2 amide bonds. The second kappa shape index (κ2) is 8.27. The zero-order valence-corrected chi connectivity index (χ0v) is 19.5. The van der Waals surface area contributed by atoms with Gasteiger partial charge in [-0.15, -0.1) is 11.3 Å². The lowest BCUT2D eigenvalue weighted by molar-refractivity contribution is 0.179. The van der Waals surface area contributed by atoms with Crippen LogP contribution < -0.4 is 5.32 Å². The average Bonchev–Trinajstić information content (AvgIpc) is 3.57. The predicted octanol–water partition coefficient (Wildman–Crippen LogP) is 6.13. The summed E-state index contributed by atoms with van der Waals surface area (Å²) in [5, 5.41) is 4.39. The summed E-state index contributed by atoms with van der Waals surface area (Å²) in [7, 11) is 0. The van der Waals surface area contributed by atoms with Crippen LogP contribution in [-0.4, -0.2) is 15.5 Å². The Kier molecular flexibility index (Phi) is 5.10. The van der Waals surface area contributed by atoms with Gasteiger partial charge in [-0.05, 0) is 68.0 Å². The maximum Gasteiger partial charge on any atom is 0.318 e. The van der Waals surface area contributed by atoms with Crippen LogP contribution in [0.15, 0.2) is 65.4 Å². The zero-order valence-electron chi connectivity index (χ0n) is 18.7. The van der Waals surface area contributed by atoms with Crippen LogP contribution in [0.4, 0.5) is 4.79 Å². The van der Waals surface area contributed by atoms with Gasteiger partial charge in [0.15, 0.2) is 0 Å². The van der Waals surface area contributed by atoms with Crippen LogP contribution in [0.25, 0.3) is 5.00 Å². The van der Waals surface area contributed by atoms with Gasteiger partial charge >= 0.3 is 6.03 Å². The molecular formula is C27H27N3O2S. The number of nitrogens with one attached hydrogen (secondary N) is 1. The summed E-state index contributed by atoms with van der Waals surface area (Å²) >= 11 is 1.91. The molecule has 0 unspecified atom stereocenters. The van der Waals surface area contributed by atoms with E-state index in [1.807, 2.05) is 28.4 Å². The van der Waals surface area contributed by atoms with Crippen molar-refractivity contribution in [1.82, 2.24) is 14.8 Å². The van der Waals surface area contributed by atoms with Gasteiger partial charge in [0.25, 0.3) is 0 Å². The van der Waals surface area contributed by atoms with Crippen molar-refractivity contribution in [3.05, 3.63) is 99.6 Å². The first kappa shape index (κ1) is 20.4. The van der Waals surface area contributed by atoms with Gasteiger partial charge in [0, 0.05) is 16.6 Å². The van der Waals surface area contributed by atoms with Crippen LogP contribution in [-0.2, 0) is 25.9 Å². The number of aromatic nitrogens is 1. The Bertz CT molecular complexity index is 1280. The Morgan fingerprint density at radius 2 is 1.94 bits per heavy atom. The molecule has 6 rings (SSSR count). The topological polar surface area (TPSA) is 50.4 Å². The number of rotatable bonds is 3. The number of aryl methyl sites for hydroxylation is 2. The number of benzene rings is 1. The number of hydrogen-bond acceptors (Lipinski definition) is 3. The van der Waals surface area contributed by atoms with Gasteiger partial charge in [-0.25, -0.2) is 4.79 Å². The summed E-state index contributed by atoms with van der Waals surface area (Å²) in [6, 6.07) is 16.3. The second-order valence-electron chi connectivity index (χ2n) is 8.98. The minimum absolute atomic E-state index is 0.0756. The Balaban J connectivity index is 1.46. The molecule has 4 aromatic rings. The summed E-state index contributed by atoms with van der Waals surface area (Å²) in [4.78, 5) is 17.2. The number of hydrogen-bond donors (Lipinski definition) is 1. The molecular weight excluding hydrogens is 430 g/mol. The van der Waals surface area contributed by atoms with Crippen LogP contribution in [0.1, 0.15) is 57.5 Å². The number of nitrogens with zero attached hydrogens (tertiary/aromatic N) is 2. The Morgan fingerprint density at radius 1 is 1.09 bits per heavy atom. The standard InChI is InChI=1S/C27H27N3O2S/c1-18-10-12-19(13-11-18)25-23-8-4-14-29(23)26-22(21-7-2-3-9-24(21)33-26)17-30(25)27(31)28-16-20-6-5-15-32-20/h4-6,8,10-15,25H,2-3,7,9,16-17H2,1H3,(H,28,31)/t25-/m1/s1. The lowest BCUT2D eigenvalue weighted by Gasteiger charge is -2.31. The van der Waals surface area contributed by atoms with E-state index in [-0.39, 0.29) is 12.1 Å². The molecule has 3 aromatic heterocycles. The highest BCUT2D eigenvalue weighted by Crippen LogP contribution is 2.44. The molecule has 4 heterocycles. The molecule has 6 heteroatoms. The maximum absolute atomic E-state index is 13.7. The molecule has 168 valence electrons. The van der Waals surface area contributed by atoms with Crippen molar-refractivity contribution in [3.8, 4) is 5.00 Å². The van der Waals surface area contributed by atoms with E-state index in [0.717, 1.165) is 29.9 Å². The molecule has 1 aliphatic heterocycles. The fraction of sp³-hybridized carbons (Fsp3) is 0.296. The van der Waals surface area contributed by atoms with E-state index in [1.165, 1.54) is 39.4 Å². The van der Waals surface area contributed by atoms with E-state index < -0.39 is 0 Å². The van der Waals surface area contributed by atoms with Crippen molar-refractivity contribution in [2.24, 2.45) is 0 Å². The third-order valence-corrected chi connectivity index (χ3v) is 8.16. The first-order valence-electron chi connectivity index (χ1n) is 11.6. The number of fused-ring (bicyclic) bond motifs is 5. The van der Waals surface area contributed by atoms with Crippen molar-refractivity contribution in [2.45, 2.75) is 51.7 Å². The average molecular weight is 458 g/mol. The first-order chi connectivity index (χ1) is 16.2. The monoisotopic (exact) mass is 457 g/mol. The van der Waals surface area contributed by atoms with E-state index in [4.69, 9.17) is 4.42 Å². The highest BCUT2D eigenvalue weighted by atomic mass is 32.1. The minimum atomic E-state index is -0.170. The van der Waals surface area contributed by atoms with Crippen LogP contribution in [0.2, 0.25) is 0 Å². The lowest BCUT2D eigenvalue weighted by atomic mass is 9.95. The minimum Gasteiger partial charge on any atom is -0.467 e. The van der Waals surface area contributed by atoms with Crippen molar-refractivity contribution in [3.63, 3.8) is 0 Å². The van der Waals surface area contributed by atoms with Crippen molar-refractivity contribution >= 4 is 17.4 Å². The van der Waals surface area contributed by atoms with Crippen LogP contribution in [0.5, 0.6) is 0 Å². The summed E-state index contributed by atoms with van der Waals surface area (Å²) in [5.41, 5.74) is 6.25. The van der Waals surface area contributed by atoms with Gasteiger partial charge in [-0.3, -0.25) is 0 Å². The normalized spacial score (nSPS) is 17.1. The van der Waals surface area contributed by atoms with Crippen LogP contribution in [0, 0.1) is 6.92 Å². The number of thiophene rings is 1. The molecule has 1 N–H and O–H groups in total. The van der Waals surface area contributed by atoms with Crippen molar-refractivity contribution in [1.29, 1.82) is 0 Å². The first-order valence-corrected chi connectivity index (χ1v) is 12.4. The van der Waals surface area contributed by atoms with Gasteiger partial charge in [-0.2, -0.15) is 0 Å². The Morgan fingerprint density at radius 3 is 2.76 bits per heavy atom. The summed E-state index contributed by atoms with van der Waals surface area (Å²) in [5.74, 6) is 0.752. The molecule has 1 aliphatic carbocycles. The molecule has 1 atom stereocenters. The largest absolute Gasteiger partial charge is 0.467 e. The third kappa shape index (κ3) is 3.59. The fourth-order valence-corrected chi connectivity index (χ4v) is 6.57. The fourth-order valence-electron chi connectivity index (χ4n) is 5.16. The van der Waals surface area contributed by atoms with Crippen LogP contribution in [0.3, 0.4) is 0 Å². The smallest absolute Gasteiger partial charge is 0.318 e. The van der Waals surface area contributed by atoms with E-state index in [9.17, 15) is 4.79 Å². The predicted molar refractivity (Wildman–Crippen MR) is 130 cm³/mol. The summed E-state index contributed by atoms with van der Waals surface area (Å²) in [6.07, 6.45) is 8.52. The Hall–Kier alpha value is -3.25. The number of carbonyl (C=O) groups excluding carboxylic acids is 1.